The Kier molecular flexibility index (Phi) is 4.69. The molecule has 130 valence electrons. The lowest BCUT2D eigenvalue weighted by molar-refractivity contribution is 0.780. The molecule has 4 aromatic rings. The summed E-state index contributed by atoms with van der Waals surface area (Å²) in [6.07, 6.45) is 3.77. The Labute approximate surface area is 159 Å². The molecule has 4 rings (SSSR count). The van der Waals surface area contributed by atoms with Gasteiger partial charge in [0, 0.05) is 13.1 Å². The van der Waals surface area contributed by atoms with E-state index in [0.717, 1.165) is 20.6 Å². The van der Waals surface area contributed by atoms with Crippen molar-refractivity contribution in [3.8, 4) is 0 Å². The summed E-state index contributed by atoms with van der Waals surface area (Å²) in [7, 11) is 0. The van der Waals surface area contributed by atoms with Crippen LogP contribution < -0.4 is 9.60 Å². The molecule has 0 unspecified atom stereocenters. The molecule has 0 radical (unpaired) electrons. The first-order chi connectivity index (χ1) is 12.8. The van der Waals surface area contributed by atoms with Crippen LogP contribution >= 0.6 is 22.7 Å². The first-order valence-corrected chi connectivity index (χ1v) is 9.91. The molecular weight excluding hydrogens is 360 g/mol. The van der Waals surface area contributed by atoms with Gasteiger partial charge in [0.25, 0.3) is 0 Å². The number of fused-ring (bicyclic) bond motifs is 2. The van der Waals surface area contributed by atoms with Gasteiger partial charge in [-0.3, -0.25) is 0 Å². The number of benzene rings is 2. The Balaban J connectivity index is 1.95. The molecular formula is C20H18N4S2. The zero-order valence-corrected chi connectivity index (χ0v) is 15.8. The molecule has 0 aliphatic heterocycles. The zero-order chi connectivity index (χ0) is 17.9. The molecule has 0 bridgehead atoms. The van der Waals surface area contributed by atoms with E-state index in [9.17, 15) is 0 Å². The van der Waals surface area contributed by atoms with Crippen molar-refractivity contribution in [2.45, 2.75) is 13.1 Å². The molecule has 26 heavy (non-hydrogen) atoms. The van der Waals surface area contributed by atoms with Crippen LogP contribution in [0.4, 0.5) is 0 Å². The van der Waals surface area contributed by atoms with Crippen molar-refractivity contribution in [2.24, 2.45) is 10.2 Å². The zero-order valence-electron chi connectivity index (χ0n) is 14.2. The van der Waals surface area contributed by atoms with Crippen molar-refractivity contribution in [1.29, 1.82) is 0 Å². The summed E-state index contributed by atoms with van der Waals surface area (Å²) in [5.74, 6) is 0. The Morgan fingerprint density at radius 1 is 0.731 bits per heavy atom. The minimum absolute atomic E-state index is 0.706. The van der Waals surface area contributed by atoms with Gasteiger partial charge in [-0.15, -0.1) is 23.4 Å². The van der Waals surface area contributed by atoms with Crippen molar-refractivity contribution in [2.75, 3.05) is 0 Å². The number of rotatable bonds is 5. The van der Waals surface area contributed by atoms with Crippen LogP contribution in [0.25, 0.3) is 20.4 Å². The van der Waals surface area contributed by atoms with Gasteiger partial charge in [0.2, 0.25) is 9.60 Å². The molecule has 0 aliphatic carbocycles. The van der Waals surface area contributed by atoms with Crippen LogP contribution in [-0.4, -0.2) is 9.13 Å². The monoisotopic (exact) mass is 378 g/mol. The molecule has 0 saturated carbocycles. The van der Waals surface area contributed by atoms with E-state index < -0.39 is 0 Å². The van der Waals surface area contributed by atoms with Crippen LogP contribution in [0.1, 0.15) is 0 Å². The van der Waals surface area contributed by atoms with Gasteiger partial charge in [-0.05, 0) is 24.3 Å². The highest BCUT2D eigenvalue weighted by molar-refractivity contribution is 7.16. The first-order valence-electron chi connectivity index (χ1n) is 8.28. The van der Waals surface area contributed by atoms with Crippen molar-refractivity contribution >= 4 is 43.1 Å². The summed E-state index contributed by atoms with van der Waals surface area (Å²) in [4.78, 5) is 1.74. The number of hydrogen-bond acceptors (Lipinski definition) is 4. The lowest BCUT2D eigenvalue weighted by Crippen LogP contribution is -2.16. The summed E-state index contributed by atoms with van der Waals surface area (Å²) < 4.78 is 6.67. The van der Waals surface area contributed by atoms with Gasteiger partial charge in [-0.1, -0.05) is 59.1 Å². The summed E-state index contributed by atoms with van der Waals surface area (Å²) >= 11 is 3.28. The minimum atomic E-state index is 0.706. The maximum atomic E-state index is 4.58. The fraction of sp³-hybridized carbons (Fsp3) is 0.100. The lowest BCUT2D eigenvalue weighted by Gasteiger charge is -2.00. The van der Waals surface area contributed by atoms with Crippen LogP contribution in [0, 0.1) is 0 Å². The molecule has 0 amide bonds. The average Bonchev–Trinajstić information content (AvgIpc) is 3.19. The highest BCUT2D eigenvalue weighted by Gasteiger charge is 2.06. The van der Waals surface area contributed by atoms with Gasteiger partial charge < -0.3 is 9.13 Å². The van der Waals surface area contributed by atoms with Crippen molar-refractivity contribution < 1.29 is 0 Å². The minimum Gasteiger partial charge on any atom is -0.311 e. The first kappa shape index (κ1) is 16.8. The van der Waals surface area contributed by atoms with E-state index in [0.29, 0.717) is 13.1 Å². The molecule has 2 aromatic carbocycles. The number of hydrogen-bond donors (Lipinski definition) is 0. The highest BCUT2D eigenvalue weighted by atomic mass is 32.1. The van der Waals surface area contributed by atoms with E-state index in [1.54, 1.807) is 22.7 Å². The standard InChI is InChI=1S/C20H18N4S2/c1-3-13-23-15-9-5-7-11-17(15)25-19(23)21-22-20-24(14-4-2)16-10-6-8-12-18(16)26-20/h3-12H,1-2,13-14H2. The Bertz CT molecular complexity index is 1140. The molecule has 2 aromatic heterocycles. The van der Waals surface area contributed by atoms with E-state index in [4.69, 9.17) is 0 Å². The molecule has 0 aliphatic rings. The van der Waals surface area contributed by atoms with E-state index in [1.165, 1.54) is 9.40 Å². The van der Waals surface area contributed by atoms with Gasteiger partial charge in [-0.25, -0.2) is 0 Å². The van der Waals surface area contributed by atoms with Gasteiger partial charge in [-0.2, -0.15) is 0 Å². The summed E-state index contributed by atoms with van der Waals surface area (Å²) in [6, 6.07) is 16.6. The van der Waals surface area contributed by atoms with Crippen LogP contribution in [-0.2, 0) is 13.1 Å². The van der Waals surface area contributed by atoms with Gasteiger partial charge in [0.1, 0.15) is 0 Å². The van der Waals surface area contributed by atoms with Crippen molar-refractivity contribution in [3.63, 3.8) is 0 Å². The maximum Gasteiger partial charge on any atom is 0.212 e. The Morgan fingerprint density at radius 2 is 1.15 bits per heavy atom. The molecule has 2 heterocycles. The quantitative estimate of drug-likeness (QED) is 0.362. The van der Waals surface area contributed by atoms with Crippen molar-refractivity contribution in [1.82, 2.24) is 9.13 Å². The van der Waals surface area contributed by atoms with E-state index >= 15 is 0 Å². The molecule has 0 fully saturated rings. The fourth-order valence-corrected chi connectivity index (χ4v) is 4.87. The van der Waals surface area contributed by atoms with Crippen LogP contribution in [0.3, 0.4) is 0 Å². The second-order valence-corrected chi connectivity index (χ2v) is 7.72. The molecule has 4 nitrogen and oxygen atoms in total. The van der Waals surface area contributed by atoms with E-state index in [2.05, 4.69) is 56.8 Å². The second kappa shape index (κ2) is 7.27. The number of aromatic nitrogens is 2. The molecule has 0 N–H and O–H groups in total. The molecule has 0 atom stereocenters. The average molecular weight is 379 g/mol. The smallest absolute Gasteiger partial charge is 0.212 e. The fourth-order valence-electron chi connectivity index (χ4n) is 2.89. The number of para-hydroxylation sites is 2. The molecule has 6 heteroatoms. The SMILES string of the molecule is C=CCn1c(=NN=c2sc3ccccc3n2CC=C)sc2ccccc21. The third kappa shape index (κ3) is 2.98. The highest BCUT2D eigenvalue weighted by Crippen LogP contribution is 2.18. The Hall–Kier alpha value is -2.70. The van der Waals surface area contributed by atoms with Crippen molar-refractivity contribution in [3.05, 3.63) is 83.4 Å². The number of thiazole rings is 2. The van der Waals surface area contributed by atoms with Gasteiger partial charge in [0.15, 0.2) is 0 Å². The molecule has 0 saturated heterocycles. The van der Waals surface area contributed by atoms with Gasteiger partial charge in [0.05, 0.1) is 20.4 Å². The second-order valence-electron chi connectivity index (χ2n) is 5.70. The Morgan fingerprint density at radius 3 is 1.58 bits per heavy atom. The third-order valence-electron chi connectivity index (χ3n) is 4.02. The summed E-state index contributed by atoms with van der Waals surface area (Å²) in [5.41, 5.74) is 2.31. The van der Waals surface area contributed by atoms with E-state index in [1.807, 2.05) is 36.4 Å². The normalized spacial score (nSPS) is 12.9. The summed E-state index contributed by atoms with van der Waals surface area (Å²) in [6.45, 7) is 9.15. The molecule has 0 spiro atoms. The lowest BCUT2D eigenvalue weighted by atomic mass is 10.3. The predicted octanol–water partition coefficient (Wildman–Crippen LogP) is 4.51. The summed E-state index contributed by atoms with van der Waals surface area (Å²) in [5, 5.41) is 9.17. The third-order valence-corrected chi connectivity index (χ3v) is 6.12. The largest absolute Gasteiger partial charge is 0.311 e. The van der Waals surface area contributed by atoms with Gasteiger partial charge >= 0.3 is 0 Å². The topological polar surface area (TPSA) is 34.6 Å². The van der Waals surface area contributed by atoms with E-state index in [-0.39, 0.29) is 0 Å². The van der Waals surface area contributed by atoms with Crippen LogP contribution in [0.5, 0.6) is 0 Å². The van der Waals surface area contributed by atoms with Crippen LogP contribution in [0.15, 0.2) is 84.0 Å². The maximum absolute atomic E-state index is 4.58. The number of allylic oxidation sites excluding steroid dienone is 2. The number of nitrogens with zero attached hydrogens (tertiary/aromatic N) is 4. The van der Waals surface area contributed by atoms with Crippen LogP contribution in [0.2, 0.25) is 0 Å². The predicted molar refractivity (Wildman–Crippen MR) is 111 cm³/mol.